The van der Waals surface area contributed by atoms with Crippen LogP contribution < -0.4 is 4.89 Å². The smallest absolute Gasteiger partial charge is 0.306 e. The van der Waals surface area contributed by atoms with Gasteiger partial charge in [-0.3, -0.25) is 14.2 Å². The van der Waals surface area contributed by atoms with Crippen molar-refractivity contribution in [3.63, 3.8) is 0 Å². The highest BCUT2D eigenvalue weighted by atomic mass is 31.2. The van der Waals surface area contributed by atoms with Gasteiger partial charge in [0.25, 0.3) is 7.82 Å². The zero-order chi connectivity index (χ0) is 42.3. The monoisotopic (exact) mass is 826 g/mol. The number of aliphatic hydroxyl groups is 1. The fraction of sp³-hybridized carbons (Fsp3) is 0.783. The highest BCUT2D eigenvalue weighted by molar-refractivity contribution is 7.45. The van der Waals surface area contributed by atoms with E-state index in [9.17, 15) is 24.2 Å². The van der Waals surface area contributed by atoms with E-state index in [1.807, 2.05) is 33.3 Å². The number of hydrogen-bond donors (Lipinski definition) is 1. The van der Waals surface area contributed by atoms with Crippen LogP contribution in [0.25, 0.3) is 0 Å². The number of carbonyl (C=O) groups excluding carboxylic acids is 2. The van der Waals surface area contributed by atoms with E-state index in [-0.39, 0.29) is 26.1 Å². The summed E-state index contributed by atoms with van der Waals surface area (Å²) in [6.45, 7) is 3.97. The standard InChI is InChI=1S/C46H84NO9P/c1-6-8-10-12-14-16-18-20-21-23-25-27-29-31-33-37-45(49)53-41-44(42-55-57(51,52)54-40-39-47(3,4)5)56-46(50)38-34-36-43(48)35-32-30-28-26-24-22-19-17-15-13-11-9-7-2/h15,17,22,24,28,30,32,35,43-44,48H,6-14,16,18-21,23,25-27,29,31,33-34,36-42H2,1-5H3/b17-15+,24-22+,30-28+,35-32+. The van der Waals surface area contributed by atoms with Crippen LogP contribution >= 0.6 is 7.82 Å². The average molecular weight is 826 g/mol. The molecule has 1 N–H and O–H groups in total. The Morgan fingerprint density at radius 1 is 0.649 bits per heavy atom. The van der Waals surface area contributed by atoms with Crippen molar-refractivity contribution in [3.8, 4) is 0 Å². The predicted octanol–water partition coefficient (Wildman–Crippen LogP) is 11.0. The van der Waals surface area contributed by atoms with Crippen molar-refractivity contribution >= 4 is 19.8 Å². The Morgan fingerprint density at radius 2 is 1.18 bits per heavy atom. The normalized spacial score (nSPS) is 14.6. The van der Waals surface area contributed by atoms with Crippen LogP contribution in [0.4, 0.5) is 0 Å². The third kappa shape index (κ3) is 41.9. The summed E-state index contributed by atoms with van der Waals surface area (Å²) in [6.07, 6.45) is 40.2. The summed E-state index contributed by atoms with van der Waals surface area (Å²) in [6, 6.07) is 0. The van der Waals surface area contributed by atoms with Crippen LogP contribution in [-0.2, 0) is 32.7 Å². The van der Waals surface area contributed by atoms with Gasteiger partial charge in [-0.25, -0.2) is 0 Å². The summed E-state index contributed by atoms with van der Waals surface area (Å²) < 4.78 is 33.7. The summed E-state index contributed by atoms with van der Waals surface area (Å²) in [5.74, 6) is -1.03. The molecule has 0 saturated carbocycles. The van der Waals surface area contributed by atoms with Crippen molar-refractivity contribution in [2.75, 3.05) is 47.5 Å². The summed E-state index contributed by atoms with van der Waals surface area (Å²) in [4.78, 5) is 37.6. The minimum Gasteiger partial charge on any atom is -0.756 e. The molecule has 0 radical (unpaired) electrons. The van der Waals surface area contributed by atoms with Gasteiger partial charge in [0.05, 0.1) is 33.9 Å². The van der Waals surface area contributed by atoms with Crippen molar-refractivity contribution in [2.24, 2.45) is 0 Å². The molecular formula is C46H84NO9P. The lowest BCUT2D eigenvalue weighted by atomic mass is 10.0. The number of phosphoric acid groups is 1. The zero-order valence-electron chi connectivity index (χ0n) is 36.9. The van der Waals surface area contributed by atoms with Gasteiger partial charge >= 0.3 is 11.9 Å². The lowest BCUT2D eigenvalue weighted by Gasteiger charge is -2.28. The number of phosphoric ester groups is 1. The van der Waals surface area contributed by atoms with E-state index < -0.39 is 38.6 Å². The molecule has 0 spiro atoms. The lowest BCUT2D eigenvalue weighted by molar-refractivity contribution is -0.870. The molecule has 0 fully saturated rings. The summed E-state index contributed by atoms with van der Waals surface area (Å²) in [5, 5.41) is 10.3. The Balaban J connectivity index is 4.55. The molecule has 11 heteroatoms. The number of aliphatic hydroxyl groups excluding tert-OH is 1. The Kier molecular flexibility index (Phi) is 36.8. The van der Waals surface area contributed by atoms with E-state index in [1.54, 1.807) is 12.2 Å². The topological polar surface area (TPSA) is 131 Å². The van der Waals surface area contributed by atoms with E-state index in [4.69, 9.17) is 18.5 Å². The number of nitrogens with zero attached hydrogens (tertiary/aromatic N) is 1. The molecule has 3 atom stereocenters. The number of ether oxygens (including phenoxy) is 2. The summed E-state index contributed by atoms with van der Waals surface area (Å²) in [7, 11) is 1.05. The molecule has 57 heavy (non-hydrogen) atoms. The maximum atomic E-state index is 12.7. The Hall–Kier alpha value is -2.07. The molecule has 332 valence electrons. The van der Waals surface area contributed by atoms with E-state index in [1.165, 1.54) is 89.9 Å². The zero-order valence-corrected chi connectivity index (χ0v) is 37.8. The quantitative estimate of drug-likeness (QED) is 0.0160. The number of unbranched alkanes of at least 4 members (excludes halogenated alkanes) is 17. The van der Waals surface area contributed by atoms with Crippen LogP contribution in [0.5, 0.6) is 0 Å². The second-order valence-electron chi connectivity index (χ2n) is 16.3. The van der Waals surface area contributed by atoms with Crippen molar-refractivity contribution in [1.29, 1.82) is 0 Å². The van der Waals surface area contributed by atoms with Gasteiger partial charge in [0.1, 0.15) is 19.8 Å². The molecule has 0 saturated heterocycles. The molecule has 0 aliphatic carbocycles. The number of carbonyl (C=O) groups is 2. The van der Waals surface area contributed by atoms with Gasteiger partial charge in [-0.15, -0.1) is 0 Å². The Morgan fingerprint density at radius 3 is 1.77 bits per heavy atom. The molecule has 0 heterocycles. The first kappa shape index (κ1) is 54.9. The first-order valence-electron chi connectivity index (χ1n) is 22.5. The number of quaternary nitrogens is 1. The van der Waals surface area contributed by atoms with Crippen molar-refractivity contribution < 1.29 is 47.2 Å². The second kappa shape index (κ2) is 38.2. The fourth-order valence-corrected chi connectivity index (χ4v) is 6.60. The number of likely N-dealkylation sites (N-methyl/N-ethyl adjacent to an activating group) is 1. The minimum atomic E-state index is -4.68. The number of rotatable bonds is 40. The SMILES string of the molecule is CCCCC/C=C/C/C=C/C/C=C/C=C/C(O)CCCC(=O)OC(COC(=O)CCCCCCCCCCCCCCCCC)COP(=O)([O-])OCC[N+](C)(C)C. The van der Waals surface area contributed by atoms with E-state index >= 15 is 0 Å². The summed E-state index contributed by atoms with van der Waals surface area (Å²) in [5.41, 5.74) is 0. The molecule has 0 aromatic carbocycles. The van der Waals surface area contributed by atoms with Crippen LogP contribution in [-0.4, -0.2) is 81.2 Å². The molecule has 0 aromatic heterocycles. The number of hydrogen-bond acceptors (Lipinski definition) is 9. The van der Waals surface area contributed by atoms with Crippen molar-refractivity contribution in [2.45, 2.75) is 187 Å². The highest BCUT2D eigenvalue weighted by Gasteiger charge is 2.22. The second-order valence-corrected chi connectivity index (χ2v) is 17.7. The minimum absolute atomic E-state index is 0.00279. The van der Waals surface area contributed by atoms with Crippen LogP contribution in [0.3, 0.4) is 0 Å². The third-order valence-corrected chi connectivity index (χ3v) is 10.4. The van der Waals surface area contributed by atoms with Gasteiger partial charge < -0.3 is 33.0 Å². The Labute approximate surface area is 348 Å². The van der Waals surface area contributed by atoms with Crippen LogP contribution in [0, 0.1) is 0 Å². The van der Waals surface area contributed by atoms with Gasteiger partial charge in [-0.1, -0.05) is 165 Å². The number of allylic oxidation sites excluding steroid dienone is 7. The largest absolute Gasteiger partial charge is 0.756 e. The van der Waals surface area contributed by atoms with Crippen molar-refractivity contribution in [1.82, 2.24) is 0 Å². The molecule has 0 aromatic rings. The first-order chi connectivity index (χ1) is 27.4. The molecule has 0 bridgehead atoms. The van der Waals surface area contributed by atoms with Gasteiger partial charge in [-0.05, 0) is 44.9 Å². The van der Waals surface area contributed by atoms with Crippen LogP contribution in [0.2, 0.25) is 0 Å². The molecular weight excluding hydrogens is 741 g/mol. The maximum Gasteiger partial charge on any atom is 0.306 e. The third-order valence-electron chi connectivity index (χ3n) is 9.46. The molecule has 0 aliphatic rings. The van der Waals surface area contributed by atoms with Gasteiger partial charge in [0, 0.05) is 12.8 Å². The molecule has 0 rings (SSSR count). The lowest BCUT2D eigenvalue weighted by Crippen LogP contribution is -2.37. The number of esters is 2. The van der Waals surface area contributed by atoms with E-state index in [0.29, 0.717) is 30.3 Å². The molecule has 0 amide bonds. The summed E-state index contributed by atoms with van der Waals surface area (Å²) >= 11 is 0. The van der Waals surface area contributed by atoms with Gasteiger partial charge in [-0.2, -0.15) is 0 Å². The maximum absolute atomic E-state index is 12.7. The predicted molar refractivity (Wildman–Crippen MR) is 233 cm³/mol. The Bertz CT molecular complexity index is 1130. The molecule has 10 nitrogen and oxygen atoms in total. The van der Waals surface area contributed by atoms with Crippen LogP contribution in [0.15, 0.2) is 48.6 Å². The van der Waals surface area contributed by atoms with E-state index in [2.05, 4.69) is 38.2 Å². The highest BCUT2D eigenvalue weighted by Crippen LogP contribution is 2.38. The average Bonchev–Trinajstić information content (AvgIpc) is 3.15. The van der Waals surface area contributed by atoms with Crippen molar-refractivity contribution in [3.05, 3.63) is 48.6 Å². The molecule has 3 unspecified atom stereocenters. The van der Waals surface area contributed by atoms with Crippen LogP contribution in [0.1, 0.15) is 174 Å². The van der Waals surface area contributed by atoms with Gasteiger partial charge in [0.2, 0.25) is 0 Å². The van der Waals surface area contributed by atoms with Gasteiger partial charge in [0.15, 0.2) is 6.10 Å². The first-order valence-corrected chi connectivity index (χ1v) is 23.9. The molecule has 0 aliphatic heterocycles. The fourth-order valence-electron chi connectivity index (χ4n) is 5.88. The van der Waals surface area contributed by atoms with E-state index in [0.717, 1.165) is 38.5 Å².